The summed E-state index contributed by atoms with van der Waals surface area (Å²) in [7, 11) is -2.51. The molecule has 2 heterocycles. The summed E-state index contributed by atoms with van der Waals surface area (Å²) in [6.45, 7) is -0.0444. The van der Waals surface area contributed by atoms with E-state index in [1.54, 1.807) is 12.1 Å². The molecule has 1 aromatic carbocycles. The van der Waals surface area contributed by atoms with Crippen LogP contribution in [0.5, 0.6) is 0 Å². The third-order valence-electron chi connectivity index (χ3n) is 4.46. The van der Waals surface area contributed by atoms with Crippen LogP contribution in [0.3, 0.4) is 0 Å². The summed E-state index contributed by atoms with van der Waals surface area (Å²) < 4.78 is 38.6. The molecule has 2 amide bonds. The van der Waals surface area contributed by atoms with Crippen LogP contribution < -0.4 is 10.6 Å². The first-order chi connectivity index (χ1) is 11.3. The molecule has 0 unspecified atom stereocenters. The number of benzene rings is 1. The molecule has 0 saturated carbocycles. The van der Waals surface area contributed by atoms with Gasteiger partial charge in [0.2, 0.25) is 0 Å². The molecule has 2 saturated heterocycles. The van der Waals surface area contributed by atoms with E-state index in [-0.39, 0.29) is 24.0 Å². The number of hydrogen-bond acceptors (Lipinski definition) is 5. The number of amides is 2. The quantitative estimate of drug-likeness (QED) is 0.856. The average Bonchev–Trinajstić information content (AvgIpc) is 2.90. The van der Waals surface area contributed by atoms with E-state index < -0.39 is 33.7 Å². The van der Waals surface area contributed by atoms with E-state index >= 15 is 0 Å². The Hall–Kier alpha value is -2.16. The second-order valence-electron chi connectivity index (χ2n) is 6.09. The zero-order valence-corrected chi connectivity index (χ0v) is 13.7. The highest BCUT2D eigenvalue weighted by molar-refractivity contribution is 7.92. The van der Waals surface area contributed by atoms with Gasteiger partial charge in [0.25, 0.3) is 5.91 Å². The molecule has 0 aliphatic carbocycles. The number of anilines is 1. The van der Waals surface area contributed by atoms with Gasteiger partial charge in [0.15, 0.2) is 6.10 Å². The van der Waals surface area contributed by atoms with Gasteiger partial charge >= 0.3 is 6.09 Å². The molecule has 0 bridgehead atoms. The van der Waals surface area contributed by atoms with Crippen LogP contribution in [0.25, 0.3) is 0 Å². The normalized spacial score (nSPS) is 30.2. The number of nitrogens with one attached hydrogen (secondary N) is 1. The molecule has 9 heteroatoms. The van der Waals surface area contributed by atoms with E-state index in [1.165, 1.54) is 11.0 Å². The Bertz CT molecular complexity index is 782. The van der Waals surface area contributed by atoms with E-state index in [0.717, 1.165) is 0 Å². The second-order valence-corrected chi connectivity index (χ2v) is 8.53. The van der Waals surface area contributed by atoms with Gasteiger partial charge in [-0.3, -0.25) is 14.5 Å². The molecule has 3 rings (SSSR count). The topological polar surface area (TPSA) is 114 Å². The van der Waals surface area contributed by atoms with Crippen LogP contribution in [0.15, 0.2) is 18.2 Å². The van der Waals surface area contributed by atoms with E-state index in [9.17, 15) is 18.2 Å². The van der Waals surface area contributed by atoms with E-state index in [4.69, 9.17) is 15.3 Å². The molecule has 2 aliphatic heterocycles. The largest absolute Gasteiger partial charge is 0.434 e. The lowest BCUT2D eigenvalue weighted by Crippen LogP contribution is -2.32. The van der Waals surface area contributed by atoms with Crippen molar-refractivity contribution >= 4 is 27.4 Å². The maximum absolute atomic E-state index is 14.5. The maximum atomic E-state index is 14.5. The van der Waals surface area contributed by atoms with Gasteiger partial charge in [-0.25, -0.2) is 13.4 Å². The lowest BCUT2D eigenvalue weighted by atomic mass is 9.93. The average molecular weight is 355 g/mol. The van der Waals surface area contributed by atoms with Crippen LogP contribution in [-0.2, 0) is 19.3 Å². The van der Waals surface area contributed by atoms with Gasteiger partial charge in [0.1, 0.15) is 5.82 Å². The Morgan fingerprint density at radius 3 is 2.58 bits per heavy atom. The number of hydrogen-bond donors (Lipinski definition) is 2. The number of nitrogens with two attached hydrogens (primary N) is 1. The van der Waals surface area contributed by atoms with Gasteiger partial charge in [0.05, 0.1) is 12.2 Å². The monoisotopic (exact) mass is 355 g/mol. The second kappa shape index (κ2) is 6.04. The standard InChI is InChI=1S/C15H18FN3O4S/c16-12-7-10(19-8-13(14(17)20)23-15(19)21)1-2-11(12)9-3-5-24(18,22)6-4-9/h1-2,7,9,13,18H,3-6,8H2,(H2,17,20)/t9?,13-,24?/m1/s1. The highest BCUT2D eigenvalue weighted by Crippen LogP contribution is 2.33. The fraction of sp³-hybridized carbons (Fsp3) is 0.467. The first-order valence-corrected chi connectivity index (χ1v) is 9.47. The van der Waals surface area contributed by atoms with E-state index in [0.29, 0.717) is 24.1 Å². The van der Waals surface area contributed by atoms with Gasteiger partial charge in [-0.2, -0.15) is 0 Å². The Kier molecular flexibility index (Phi) is 4.20. The molecule has 7 nitrogen and oxygen atoms in total. The summed E-state index contributed by atoms with van der Waals surface area (Å²) in [4.78, 5) is 24.1. The zero-order valence-electron chi connectivity index (χ0n) is 12.9. The number of ether oxygens (including phenoxy) is 1. The number of rotatable bonds is 3. The molecular weight excluding hydrogens is 337 g/mol. The fourth-order valence-electron chi connectivity index (χ4n) is 3.06. The molecule has 0 radical (unpaired) electrons. The number of primary amides is 1. The van der Waals surface area contributed by atoms with Crippen LogP contribution in [0.2, 0.25) is 0 Å². The lowest BCUT2D eigenvalue weighted by molar-refractivity contribution is -0.124. The smallest absolute Gasteiger partial charge is 0.415 e. The zero-order chi connectivity index (χ0) is 17.5. The van der Waals surface area contributed by atoms with Gasteiger partial charge < -0.3 is 10.5 Å². The van der Waals surface area contributed by atoms with Crippen molar-refractivity contribution in [3.8, 4) is 0 Å². The van der Waals surface area contributed by atoms with Gasteiger partial charge in [-0.1, -0.05) is 6.07 Å². The summed E-state index contributed by atoms with van der Waals surface area (Å²) in [6, 6.07) is 4.42. The Morgan fingerprint density at radius 1 is 1.38 bits per heavy atom. The molecular formula is C15H18FN3O4S. The van der Waals surface area contributed by atoms with Gasteiger partial charge in [0, 0.05) is 21.2 Å². The van der Waals surface area contributed by atoms with E-state index in [1.807, 2.05) is 0 Å². The summed E-state index contributed by atoms with van der Waals surface area (Å²) in [5.74, 6) is -0.743. The number of carbonyl (C=O) groups is 2. The number of halogens is 1. The van der Waals surface area contributed by atoms with Crippen molar-refractivity contribution in [2.45, 2.75) is 24.9 Å². The predicted molar refractivity (Wildman–Crippen MR) is 85.8 cm³/mol. The van der Waals surface area contributed by atoms with Crippen LogP contribution >= 0.6 is 0 Å². The Balaban J connectivity index is 1.78. The minimum atomic E-state index is -2.51. The van der Waals surface area contributed by atoms with Crippen LogP contribution in [0.1, 0.15) is 24.3 Å². The molecule has 0 spiro atoms. The van der Waals surface area contributed by atoms with Crippen LogP contribution in [-0.4, -0.2) is 40.4 Å². The number of nitrogens with zero attached hydrogens (tertiary/aromatic N) is 1. The van der Waals surface area contributed by atoms with Crippen molar-refractivity contribution in [3.05, 3.63) is 29.6 Å². The number of carbonyl (C=O) groups excluding carboxylic acids is 2. The number of cyclic esters (lactones) is 1. The minimum Gasteiger partial charge on any atom is -0.434 e. The molecule has 24 heavy (non-hydrogen) atoms. The molecule has 3 N–H and O–H groups in total. The van der Waals surface area contributed by atoms with Crippen molar-refractivity contribution in [2.24, 2.45) is 5.73 Å². The minimum absolute atomic E-state index is 0.0444. The predicted octanol–water partition coefficient (Wildman–Crippen LogP) is 1.56. The first kappa shape index (κ1) is 16.7. The molecule has 0 aromatic heterocycles. The van der Waals surface area contributed by atoms with Crippen LogP contribution in [0, 0.1) is 10.6 Å². The van der Waals surface area contributed by atoms with Crippen molar-refractivity contribution in [1.29, 1.82) is 4.78 Å². The third-order valence-corrected chi connectivity index (χ3v) is 6.25. The summed E-state index contributed by atoms with van der Waals surface area (Å²) in [5, 5.41) is 0. The highest BCUT2D eigenvalue weighted by atomic mass is 32.2. The fourth-order valence-corrected chi connectivity index (χ4v) is 4.59. The SMILES string of the molecule is N=S1(=O)CCC(c2ccc(N3C[C@H](C(N)=O)OC3=O)cc2F)CC1. The van der Waals surface area contributed by atoms with Crippen molar-refractivity contribution in [1.82, 2.24) is 0 Å². The first-order valence-electron chi connectivity index (χ1n) is 7.58. The lowest BCUT2D eigenvalue weighted by Gasteiger charge is -2.25. The van der Waals surface area contributed by atoms with Crippen molar-refractivity contribution in [3.63, 3.8) is 0 Å². The Labute approximate surface area is 138 Å². The van der Waals surface area contributed by atoms with Crippen molar-refractivity contribution in [2.75, 3.05) is 23.0 Å². The van der Waals surface area contributed by atoms with Gasteiger partial charge in [-0.15, -0.1) is 0 Å². The molecule has 130 valence electrons. The highest BCUT2D eigenvalue weighted by Gasteiger charge is 2.36. The maximum Gasteiger partial charge on any atom is 0.415 e. The third kappa shape index (κ3) is 3.21. The summed E-state index contributed by atoms with van der Waals surface area (Å²) >= 11 is 0. The molecule has 2 fully saturated rings. The molecule has 2 aliphatic rings. The summed E-state index contributed by atoms with van der Waals surface area (Å²) in [6.07, 6.45) is -0.760. The van der Waals surface area contributed by atoms with Gasteiger partial charge in [-0.05, 0) is 36.5 Å². The van der Waals surface area contributed by atoms with Crippen molar-refractivity contribution < 1.29 is 22.9 Å². The van der Waals surface area contributed by atoms with Crippen LogP contribution in [0.4, 0.5) is 14.9 Å². The summed E-state index contributed by atoms with van der Waals surface area (Å²) in [5.41, 5.74) is 5.91. The van der Waals surface area contributed by atoms with E-state index in [2.05, 4.69) is 0 Å². The molecule has 1 atom stereocenters. The molecule has 1 aromatic rings. The Morgan fingerprint density at radius 2 is 2.04 bits per heavy atom.